The minimum atomic E-state index is -0.538. The topological polar surface area (TPSA) is 69.1 Å². The molecule has 0 unspecified atom stereocenters. The van der Waals surface area contributed by atoms with Crippen LogP contribution in [0, 0.1) is 6.92 Å². The molecule has 0 aliphatic heterocycles. The fourth-order valence-electron chi connectivity index (χ4n) is 2.40. The predicted molar refractivity (Wildman–Crippen MR) is 91.0 cm³/mol. The van der Waals surface area contributed by atoms with Gasteiger partial charge in [-0.25, -0.2) is 4.79 Å². The van der Waals surface area contributed by atoms with Gasteiger partial charge in [-0.2, -0.15) is 4.98 Å². The average molecular weight is 339 g/mol. The average Bonchev–Trinajstić information content (AvgIpc) is 3.05. The van der Waals surface area contributed by atoms with Crippen molar-refractivity contribution in [2.24, 2.45) is 0 Å². The van der Waals surface area contributed by atoms with Crippen molar-refractivity contribution in [3.8, 4) is 22.8 Å². The Balaban J connectivity index is 1.81. The van der Waals surface area contributed by atoms with Gasteiger partial charge in [0.15, 0.2) is 0 Å². The van der Waals surface area contributed by atoms with Crippen molar-refractivity contribution >= 4 is 22.6 Å². The Morgan fingerprint density at radius 3 is 2.62 bits per heavy atom. The normalized spacial score (nSPS) is 11.1. The van der Waals surface area contributed by atoms with Gasteiger partial charge < -0.3 is 8.94 Å². The molecule has 0 N–H and O–H groups in total. The molecule has 118 valence electrons. The van der Waals surface area contributed by atoms with Gasteiger partial charge in [0.1, 0.15) is 11.1 Å². The Morgan fingerprint density at radius 1 is 1.04 bits per heavy atom. The SMILES string of the molecule is Cc1ccc(-c2noc(-c3cc4cc(Cl)ccc4oc3=O)n2)cc1. The summed E-state index contributed by atoms with van der Waals surface area (Å²) in [6.45, 7) is 2.00. The lowest BCUT2D eigenvalue weighted by Crippen LogP contribution is -2.02. The molecule has 4 aromatic rings. The van der Waals surface area contributed by atoms with Crippen LogP contribution in [0.4, 0.5) is 0 Å². The third-order valence-electron chi connectivity index (χ3n) is 3.66. The van der Waals surface area contributed by atoms with Crippen LogP contribution in [-0.2, 0) is 0 Å². The summed E-state index contributed by atoms with van der Waals surface area (Å²) in [4.78, 5) is 16.5. The highest BCUT2D eigenvalue weighted by molar-refractivity contribution is 6.31. The monoisotopic (exact) mass is 338 g/mol. The lowest BCUT2D eigenvalue weighted by Gasteiger charge is -1.99. The molecule has 2 aromatic heterocycles. The van der Waals surface area contributed by atoms with Crippen LogP contribution in [0.5, 0.6) is 0 Å². The zero-order valence-corrected chi connectivity index (χ0v) is 13.4. The number of halogens is 1. The first-order valence-corrected chi connectivity index (χ1v) is 7.62. The maximum atomic E-state index is 12.2. The molecule has 5 nitrogen and oxygen atoms in total. The largest absolute Gasteiger partial charge is 0.422 e. The molecule has 0 atom stereocenters. The summed E-state index contributed by atoms with van der Waals surface area (Å²) in [6.07, 6.45) is 0. The number of hydrogen-bond donors (Lipinski definition) is 0. The molecule has 0 fully saturated rings. The van der Waals surface area contributed by atoms with Crippen molar-refractivity contribution in [3.63, 3.8) is 0 Å². The summed E-state index contributed by atoms with van der Waals surface area (Å²) in [5.41, 5.74) is 2.06. The quantitative estimate of drug-likeness (QED) is 0.504. The summed E-state index contributed by atoms with van der Waals surface area (Å²) in [6, 6.07) is 14.4. The summed E-state index contributed by atoms with van der Waals surface area (Å²) in [5, 5.41) is 5.17. The molecular formula is C18H11ClN2O3. The molecule has 0 saturated heterocycles. The molecule has 0 bridgehead atoms. The van der Waals surface area contributed by atoms with Gasteiger partial charge in [-0.1, -0.05) is 46.6 Å². The van der Waals surface area contributed by atoms with E-state index >= 15 is 0 Å². The fourth-order valence-corrected chi connectivity index (χ4v) is 2.58. The lowest BCUT2D eigenvalue weighted by atomic mass is 10.1. The molecule has 0 amide bonds. The number of benzene rings is 2. The molecule has 0 saturated carbocycles. The molecule has 0 spiro atoms. The second kappa shape index (κ2) is 5.62. The summed E-state index contributed by atoms with van der Waals surface area (Å²) in [5.74, 6) is 0.525. The lowest BCUT2D eigenvalue weighted by molar-refractivity contribution is 0.429. The highest BCUT2D eigenvalue weighted by atomic mass is 35.5. The highest BCUT2D eigenvalue weighted by Gasteiger charge is 2.16. The summed E-state index contributed by atoms with van der Waals surface area (Å²) >= 11 is 5.98. The van der Waals surface area contributed by atoms with Crippen LogP contribution in [0.1, 0.15) is 5.56 Å². The van der Waals surface area contributed by atoms with E-state index in [1.165, 1.54) is 0 Å². The van der Waals surface area contributed by atoms with E-state index in [9.17, 15) is 4.79 Å². The standard InChI is InChI=1S/C18H11ClN2O3/c1-10-2-4-11(5-3-10)16-20-17(24-21-16)14-9-12-8-13(19)6-7-15(12)23-18(14)22/h2-9H,1H3. The van der Waals surface area contributed by atoms with Crippen molar-refractivity contribution in [2.75, 3.05) is 0 Å². The van der Waals surface area contributed by atoms with Crippen LogP contribution in [-0.4, -0.2) is 10.1 Å². The first-order valence-electron chi connectivity index (χ1n) is 7.25. The van der Waals surface area contributed by atoms with Crippen LogP contribution in [0.25, 0.3) is 33.8 Å². The van der Waals surface area contributed by atoms with E-state index in [1.807, 2.05) is 31.2 Å². The van der Waals surface area contributed by atoms with Crippen LogP contribution < -0.4 is 5.63 Å². The number of aromatic nitrogens is 2. The van der Waals surface area contributed by atoms with Crippen LogP contribution in [0.3, 0.4) is 0 Å². The Hall–Kier alpha value is -2.92. The zero-order chi connectivity index (χ0) is 16.7. The second-order valence-corrected chi connectivity index (χ2v) is 5.86. The molecule has 0 aliphatic carbocycles. The van der Waals surface area contributed by atoms with E-state index in [1.54, 1.807) is 24.3 Å². The van der Waals surface area contributed by atoms with Gasteiger partial charge in [-0.3, -0.25) is 0 Å². The maximum Gasteiger partial charge on any atom is 0.349 e. The third-order valence-corrected chi connectivity index (χ3v) is 3.90. The number of nitrogens with zero attached hydrogens (tertiary/aromatic N) is 2. The van der Waals surface area contributed by atoms with Gasteiger partial charge in [0, 0.05) is 16.0 Å². The van der Waals surface area contributed by atoms with E-state index in [4.69, 9.17) is 20.5 Å². The molecule has 6 heteroatoms. The second-order valence-electron chi connectivity index (χ2n) is 5.42. The first-order chi connectivity index (χ1) is 11.6. The van der Waals surface area contributed by atoms with Crippen molar-refractivity contribution in [3.05, 3.63) is 69.5 Å². The Kier molecular flexibility index (Phi) is 3.43. The molecular weight excluding hydrogens is 328 g/mol. The molecule has 2 aromatic carbocycles. The number of rotatable bonds is 2. The van der Waals surface area contributed by atoms with Gasteiger partial charge in [0.05, 0.1) is 0 Å². The Morgan fingerprint density at radius 2 is 1.83 bits per heavy atom. The number of aryl methyl sites for hydroxylation is 1. The van der Waals surface area contributed by atoms with Crippen LogP contribution in [0.15, 0.2) is 62.3 Å². The minimum Gasteiger partial charge on any atom is -0.422 e. The summed E-state index contributed by atoms with van der Waals surface area (Å²) < 4.78 is 10.5. The van der Waals surface area contributed by atoms with E-state index in [2.05, 4.69) is 10.1 Å². The van der Waals surface area contributed by atoms with E-state index in [0.717, 1.165) is 11.1 Å². The Labute approximate surface area is 141 Å². The van der Waals surface area contributed by atoms with Gasteiger partial charge in [0.25, 0.3) is 5.89 Å². The molecule has 4 rings (SSSR count). The van der Waals surface area contributed by atoms with Gasteiger partial charge in [0.2, 0.25) is 5.82 Å². The fraction of sp³-hybridized carbons (Fsp3) is 0.0556. The number of fused-ring (bicyclic) bond motifs is 1. The predicted octanol–water partition coefficient (Wildman–Crippen LogP) is 4.47. The smallest absolute Gasteiger partial charge is 0.349 e. The van der Waals surface area contributed by atoms with E-state index in [0.29, 0.717) is 21.8 Å². The molecule has 2 heterocycles. The van der Waals surface area contributed by atoms with Gasteiger partial charge >= 0.3 is 5.63 Å². The van der Waals surface area contributed by atoms with Crippen molar-refractivity contribution in [2.45, 2.75) is 6.92 Å². The Bertz CT molecular complexity index is 1100. The van der Waals surface area contributed by atoms with Crippen molar-refractivity contribution < 1.29 is 8.94 Å². The first kappa shape index (κ1) is 14.7. The van der Waals surface area contributed by atoms with Crippen molar-refractivity contribution in [1.29, 1.82) is 0 Å². The zero-order valence-electron chi connectivity index (χ0n) is 12.6. The minimum absolute atomic E-state index is 0.112. The van der Waals surface area contributed by atoms with Crippen LogP contribution >= 0.6 is 11.6 Å². The van der Waals surface area contributed by atoms with Gasteiger partial charge in [-0.15, -0.1) is 0 Å². The van der Waals surface area contributed by atoms with Crippen molar-refractivity contribution in [1.82, 2.24) is 10.1 Å². The molecule has 0 radical (unpaired) electrons. The third kappa shape index (κ3) is 2.59. The van der Waals surface area contributed by atoms with E-state index in [-0.39, 0.29) is 11.5 Å². The van der Waals surface area contributed by atoms with Crippen LogP contribution in [0.2, 0.25) is 5.02 Å². The highest BCUT2D eigenvalue weighted by Crippen LogP contribution is 2.24. The molecule has 24 heavy (non-hydrogen) atoms. The molecule has 0 aliphatic rings. The maximum absolute atomic E-state index is 12.2. The summed E-state index contributed by atoms with van der Waals surface area (Å²) in [7, 11) is 0. The van der Waals surface area contributed by atoms with E-state index < -0.39 is 5.63 Å². The number of hydrogen-bond acceptors (Lipinski definition) is 5. The van der Waals surface area contributed by atoms with Gasteiger partial charge in [-0.05, 0) is 31.2 Å².